The Hall–Kier alpha value is -1.90. The van der Waals surface area contributed by atoms with Crippen molar-refractivity contribution in [3.05, 3.63) is 60.0 Å². The van der Waals surface area contributed by atoms with Crippen molar-refractivity contribution in [2.24, 2.45) is 5.92 Å². The fourth-order valence-electron chi connectivity index (χ4n) is 2.91. The first-order valence-electron chi connectivity index (χ1n) is 7.22. The largest absolute Gasteiger partial charge is 0.354 e. The number of rotatable bonds is 3. The van der Waals surface area contributed by atoms with Crippen molar-refractivity contribution < 1.29 is 4.39 Å². The van der Waals surface area contributed by atoms with Gasteiger partial charge in [0.2, 0.25) is 0 Å². The molecule has 1 aliphatic rings. The van der Waals surface area contributed by atoms with Crippen LogP contribution in [0.1, 0.15) is 18.4 Å². The van der Waals surface area contributed by atoms with E-state index < -0.39 is 0 Å². The second kappa shape index (κ2) is 6.04. The average molecular weight is 270 g/mol. The summed E-state index contributed by atoms with van der Waals surface area (Å²) in [5, 5.41) is 0. The number of pyridine rings is 1. The Morgan fingerprint density at radius 3 is 2.50 bits per heavy atom. The minimum atomic E-state index is -0.214. The minimum absolute atomic E-state index is 0.214. The van der Waals surface area contributed by atoms with Crippen LogP contribution in [0.3, 0.4) is 0 Å². The highest BCUT2D eigenvalue weighted by molar-refractivity contribution is 5.39. The van der Waals surface area contributed by atoms with E-state index >= 15 is 0 Å². The Morgan fingerprint density at radius 2 is 1.80 bits per heavy atom. The molecule has 0 atom stereocenters. The molecule has 0 aliphatic carbocycles. The summed E-state index contributed by atoms with van der Waals surface area (Å²) in [6, 6.07) is 13.7. The molecule has 0 bridgehead atoms. The summed E-state index contributed by atoms with van der Waals surface area (Å²) < 4.78 is 13.7. The van der Waals surface area contributed by atoms with Gasteiger partial charge in [-0.1, -0.05) is 30.3 Å². The number of nitrogens with zero attached hydrogens (tertiary/aromatic N) is 2. The second-order valence-corrected chi connectivity index (χ2v) is 5.43. The number of hydrogen-bond donors (Lipinski definition) is 0. The number of hydrogen-bond acceptors (Lipinski definition) is 2. The van der Waals surface area contributed by atoms with Crippen LogP contribution in [0.2, 0.25) is 0 Å². The molecule has 1 aliphatic heterocycles. The summed E-state index contributed by atoms with van der Waals surface area (Å²) in [7, 11) is 0. The predicted molar refractivity (Wildman–Crippen MR) is 79.3 cm³/mol. The van der Waals surface area contributed by atoms with Crippen LogP contribution >= 0.6 is 0 Å². The van der Waals surface area contributed by atoms with Crippen LogP contribution in [0.15, 0.2) is 48.7 Å². The molecule has 3 rings (SSSR count). The standard InChI is InChI=1S/C17H19FN2/c18-16-7-4-10-19-17(16)20-11-8-15(9-12-20)13-14-5-2-1-3-6-14/h1-7,10,15H,8-9,11-13H2. The molecule has 104 valence electrons. The van der Waals surface area contributed by atoms with Gasteiger partial charge >= 0.3 is 0 Å². The Kier molecular flexibility index (Phi) is 3.95. The topological polar surface area (TPSA) is 16.1 Å². The van der Waals surface area contributed by atoms with Gasteiger partial charge in [0.25, 0.3) is 0 Å². The molecule has 0 amide bonds. The van der Waals surface area contributed by atoms with E-state index in [9.17, 15) is 4.39 Å². The van der Waals surface area contributed by atoms with E-state index in [1.165, 1.54) is 11.6 Å². The molecular weight excluding hydrogens is 251 g/mol. The smallest absolute Gasteiger partial charge is 0.165 e. The first-order chi connectivity index (χ1) is 9.83. The van der Waals surface area contributed by atoms with Gasteiger partial charge in [-0.15, -0.1) is 0 Å². The van der Waals surface area contributed by atoms with E-state index in [0.29, 0.717) is 11.7 Å². The number of benzene rings is 1. The second-order valence-electron chi connectivity index (χ2n) is 5.43. The van der Waals surface area contributed by atoms with Crippen LogP contribution < -0.4 is 4.90 Å². The lowest BCUT2D eigenvalue weighted by Crippen LogP contribution is -2.35. The molecule has 1 fully saturated rings. The van der Waals surface area contributed by atoms with Gasteiger partial charge in [0, 0.05) is 19.3 Å². The van der Waals surface area contributed by atoms with E-state index in [1.54, 1.807) is 12.3 Å². The average Bonchev–Trinajstić information content (AvgIpc) is 2.50. The Morgan fingerprint density at radius 1 is 1.05 bits per heavy atom. The summed E-state index contributed by atoms with van der Waals surface area (Å²) in [6.45, 7) is 1.79. The van der Waals surface area contributed by atoms with Gasteiger partial charge in [0.1, 0.15) is 0 Å². The summed E-state index contributed by atoms with van der Waals surface area (Å²) in [5.41, 5.74) is 1.40. The maximum Gasteiger partial charge on any atom is 0.165 e. The van der Waals surface area contributed by atoms with Crippen molar-refractivity contribution >= 4 is 5.82 Å². The van der Waals surface area contributed by atoms with Gasteiger partial charge in [-0.25, -0.2) is 9.37 Å². The molecule has 20 heavy (non-hydrogen) atoms. The van der Waals surface area contributed by atoms with E-state index in [0.717, 1.165) is 32.4 Å². The highest BCUT2D eigenvalue weighted by Gasteiger charge is 2.22. The van der Waals surface area contributed by atoms with Crippen LogP contribution in [0.5, 0.6) is 0 Å². The van der Waals surface area contributed by atoms with Crippen LogP contribution in [0.25, 0.3) is 0 Å². The van der Waals surface area contributed by atoms with Crippen LogP contribution in [0.4, 0.5) is 10.2 Å². The van der Waals surface area contributed by atoms with Gasteiger partial charge < -0.3 is 4.90 Å². The first-order valence-corrected chi connectivity index (χ1v) is 7.22. The zero-order valence-electron chi connectivity index (χ0n) is 11.5. The molecule has 0 saturated carbocycles. The lowest BCUT2D eigenvalue weighted by atomic mass is 9.90. The third kappa shape index (κ3) is 2.98. The van der Waals surface area contributed by atoms with E-state index in [1.807, 2.05) is 0 Å². The Bertz CT molecular complexity index is 548. The molecule has 2 heterocycles. The van der Waals surface area contributed by atoms with Gasteiger partial charge in [-0.2, -0.15) is 0 Å². The molecule has 0 N–H and O–H groups in total. The summed E-state index contributed by atoms with van der Waals surface area (Å²) >= 11 is 0. The van der Waals surface area contributed by atoms with Gasteiger partial charge in [0.05, 0.1) is 0 Å². The monoisotopic (exact) mass is 270 g/mol. The lowest BCUT2D eigenvalue weighted by molar-refractivity contribution is 0.399. The van der Waals surface area contributed by atoms with Crippen LogP contribution in [0, 0.1) is 11.7 Å². The zero-order valence-corrected chi connectivity index (χ0v) is 11.5. The molecule has 1 aromatic heterocycles. The van der Waals surface area contributed by atoms with E-state index in [2.05, 4.69) is 40.2 Å². The fraction of sp³-hybridized carbons (Fsp3) is 0.353. The summed E-state index contributed by atoms with van der Waals surface area (Å²) in [5.74, 6) is 0.986. The van der Waals surface area contributed by atoms with E-state index in [4.69, 9.17) is 0 Å². The lowest BCUT2D eigenvalue weighted by Gasteiger charge is -2.33. The van der Waals surface area contributed by atoms with Crippen molar-refractivity contribution in [3.8, 4) is 0 Å². The minimum Gasteiger partial charge on any atom is -0.354 e. The van der Waals surface area contributed by atoms with Crippen molar-refractivity contribution in [2.75, 3.05) is 18.0 Å². The molecular formula is C17H19FN2. The number of aromatic nitrogens is 1. The van der Waals surface area contributed by atoms with Gasteiger partial charge in [-0.3, -0.25) is 0 Å². The first kappa shape index (κ1) is 13.1. The van der Waals surface area contributed by atoms with Gasteiger partial charge in [-0.05, 0) is 42.9 Å². The SMILES string of the molecule is Fc1cccnc1N1CCC(Cc2ccccc2)CC1. The fourth-order valence-corrected chi connectivity index (χ4v) is 2.91. The number of anilines is 1. The molecule has 3 heteroatoms. The third-order valence-corrected chi connectivity index (χ3v) is 4.02. The zero-order chi connectivity index (χ0) is 13.8. The predicted octanol–water partition coefficient (Wildman–Crippen LogP) is 3.68. The summed E-state index contributed by atoms with van der Waals surface area (Å²) in [6.07, 6.45) is 4.99. The van der Waals surface area contributed by atoms with Crippen LogP contribution in [-0.2, 0) is 6.42 Å². The molecule has 0 unspecified atom stereocenters. The molecule has 0 spiro atoms. The Labute approximate surface area is 119 Å². The maximum absolute atomic E-state index is 13.7. The Balaban J connectivity index is 1.59. The van der Waals surface area contributed by atoms with Crippen LogP contribution in [-0.4, -0.2) is 18.1 Å². The van der Waals surface area contributed by atoms with Crippen molar-refractivity contribution in [2.45, 2.75) is 19.3 Å². The van der Waals surface area contributed by atoms with E-state index in [-0.39, 0.29) is 5.82 Å². The summed E-state index contributed by atoms with van der Waals surface area (Å²) in [4.78, 5) is 6.23. The molecule has 1 aromatic carbocycles. The van der Waals surface area contributed by atoms with Crippen molar-refractivity contribution in [1.82, 2.24) is 4.98 Å². The third-order valence-electron chi connectivity index (χ3n) is 4.02. The quantitative estimate of drug-likeness (QED) is 0.845. The highest BCUT2D eigenvalue weighted by Crippen LogP contribution is 2.25. The normalized spacial score (nSPS) is 16.4. The molecule has 1 saturated heterocycles. The molecule has 2 nitrogen and oxygen atoms in total. The maximum atomic E-state index is 13.7. The van der Waals surface area contributed by atoms with Gasteiger partial charge in [0.15, 0.2) is 11.6 Å². The number of piperidine rings is 1. The highest BCUT2D eigenvalue weighted by atomic mass is 19.1. The molecule has 2 aromatic rings. The van der Waals surface area contributed by atoms with Crippen molar-refractivity contribution in [3.63, 3.8) is 0 Å². The molecule has 0 radical (unpaired) electrons. The van der Waals surface area contributed by atoms with Crippen molar-refractivity contribution in [1.29, 1.82) is 0 Å². The number of halogens is 1.